The van der Waals surface area contributed by atoms with Crippen LogP contribution in [0.5, 0.6) is 0 Å². The van der Waals surface area contributed by atoms with Crippen molar-refractivity contribution < 1.29 is 9.85 Å². The largest absolute Gasteiger partial charge is 0.336 e. The summed E-state index contributed by atoms with van der Waals surface area (Å²) in [6, 6.07) is 3.09. The van der Waals surface area contributed by atoms with E-state index in [0.29, 0.717) is 0 Å². The number of benzene rings is 1. The highest BCUT2D eigenvalue weighted by molar-refractivity contribution is 7.79. The summed E-state index contributed by atoms with van der Waals surface area (Å²) in [4.78, 5) is 20.1. The first-order chi connectivity index (χ1) is 9.43. The van der Waals surface area contributed by atoms with E-state index in [0.717, 1.165) is 22.9 Å². The minimum atomic E-state index is -0.742. The van der Waals surface area contributed by atoms with E-state index in [4.69, 9.17) is 5.84 Å². The first kappa shape index (κ1) is 13.5. The molecule has 0 saturated heterocycles. The van der Waals surface area contributed by atoms with Crippen molar-refractivity contribution in [2.24, 2.45) is 0 Å². The maximum atomic E-state index is 10.8. The molecule has 2 rings (SSSR count). The monoisotopic (exact) mass is 294 g/mol. The highest BCUT2D eigenvalue weighted by atomic mass is 32.1. The van der Waals surface area contributed by atoms with Crippen molar-refractivity contribution in [1.82, 2.24) is 14.9 Å². The van der Waals surface area contributed by atoms with Gasteiger partial charge in [-0.05, 0) is 0 Å². The molecule has 0 amide bonds. The molecule has 0 fully saturated rings. The Hall–Kier alpha value is -2.95. The maximum Gasteiger partial charge on any atom is 0.277 e. The van der Waals surface area contributed by atoms with Crippen LogP contribution in [0.25, 0.3) is 11.4 Å². The van der Waals surface area contributed by atoms with Crippen LogP contribution in [-0.4, -0.2) is 30.1 Å². The predicted octanol–water partition coefficient (Wildman–Crippen LogP) is 0.823. The van der Waals surface area contributed by atoms with Crippen LogP contribution in [-0.2, 0) is 0 Å². The quantitative estimate of drug-likeness (QED) is 0.378. The van der Waals surface area contributed by atoms with Crippen molar-refractivity contribution in [2.45, 2.75) is 0 Å². The molecule has 20 heavy (non-hydrogen) atoms. The van der Waals surface area contributed by atoms with Gasteiger partial charge in [0.15, 0.2) is 11.6 Å². The van der Waals surface area contributed by atoms with E-state index in [2.05, 4.69) is 22.4 Å². The summed E-state index contributed by atoms with van der Waals surface area (Å²) in [5.74, 6) is 5.84. The Morgan fingerprint density at radius 1 is 1.15 bits per heavy atom. The molecule has 0 aliphatic rings. The fraction of sp³-hybridized carbons (Fsp3) is 0. The van der Waals surface area contributed by atoms with Gasteiger partial charge in [-0.15, -0.1) is 10.2 Å². The van der Waals surface area contributed by atoms with Crippen LogP contribution in [0.1, 0.15) is 5.82 Å². The van der Waals surface area contributed by atoms with Gasteiger partial charge >= 0.3 is 0 Å². The van der Waals surface area contributed by atoms with Crippen LogP contribution in [0, 0.1) is 20.2 Å². The molecule has 0 aliphatic heterocycles. The van der Waals surface area contributed by atoms with Gasteiger partial charge in [-0.3, -0.25) is 20.2 Å². The molecule has 102 valence electrons. The summed E-state index contributed by atoms with van der Waals surface area (Å²) in [5, 5.41) is 30.1. The lowest BCUT2D eigenvalue weighted by atomic mass is 10.1. The number of rotatable bonds is 4. The van der Waals surface area contributed by atoms with E-state index in [1.54, 1.807) is 0 Å². The lowest BCUT2D eigenvalue weighted by Gasteiger charge is -2.02. The Morgan fingerprint density at radius 3 is 2.10 bits per heavy atom. The van der Waals surface area contributed by atoms with E-state index in [-0.39, 0.29) is 17.2 Å². The highest BCUT2D eigenvalue weighted by Crippen LogP contribution is 2.28. The van der Waals surface area contributed by atoms with Gasteiger partial charge in [-0.1, -0.05) is 12.2 Å². The third-order valence-electron chi connectivity index (χ3n) is 2.41. The molecule has 0 saturated carbocycles. The van der Waals surface area contributed by atoms with Gasteiger partial charge in [0.05, 0.1) is 15.9 Å². The Bertz CT molecular complexity index is 695. The highest BCUT2D eigenvalue weighted by Gasteiger charge is 2.20. The second-order valence-corrected chi connectivity index (χ2v) is 3.86. The smallest absolute Gasteiger partial charge is 0.277 e. The predicted molar refractivity (Wildman–Crippen MR) is 71.7 cm³/mol. The molecule has 10 nitrogen and oxygen atoms in total. The van der Waals surface area contributed by atoms with Gasteiger partial charge in [0, 0.05) is 23.1 Å². The molecule has 0 bridgehead atoms. The van der Waals surface area contributed by atoms with Crippen molar-refractivity contribution in [3.63, 3.8) is 0 Å². The lowest BCUT2D eigenvalue weighted by Crippen LogP contribution is -2.13. The SMILES string of the molecule is Nn1c(C=S)nnc1-c1cc([N+](=O)[O-])cc([N+](=O)[O-])c1. The Morgan fingerprint density at radius 2 is 1.70 bits per heavy atom. The van der Waals surface area contributed by atoms with Gasteiger partial charge < -0.3 is 5.84 Å². The van der Waals surface area contributed by atoms with Gasteiger partial charge in [0.1, 0.15) is 0 Å². The molecule has 0 radical (unpaired) electrons. The first-order valence-corrected chi connectivity index (χ1v) is 5.51. The number of nitrogens with two attached hydrogens (primary N) is 1. The summed E-state index contributed by atoms with van der Waals surface area (Å²) in [7, 11) is 0. The first-order valence-electron chi connectivity index (χ1n) is 5.04. The molecule has 1 aromatic carbocycles. The molecule has 0 aliphatic carbocycles. The van der Waals surface area contributed by atoms with Crippen LogP contribution < -0.4 is 5.84 Å². The zero-order valence-electron chi connectivity index (χ0n) is 9.66. The fourth-order valence-electron chi connectivity index (χ4n) is 1.52. The second-order valence-electron chi connectivity index (χ2n) is 3.62. The molecule has 0 atom stereocenters. The van der Waals surface area contributed by atoms with Crippen LogP contribution in [0.15, 0.2) is 18.2 Å². The summed E-state index contributed by atoms with van der Waals surface area (Å²) in [6.45, 7) is 0. The van der Waals surface area contributed by atoms with E-state index < -0.39 is 21.2 Å². The van der Waals surface area contributed by atoms with Crippen molar-refractivity contribution >= 4 is 29.0 Å². The van der Waals surface area contributed by atoms with Crippen molar-refractivity contribution in [3.8, 4) is 11.4 Å². The molecular formula is C9H6N6O4S. The molecule has 1 aromatic heterocycles. The van der Waals surface area contributed by atoms with Crippen LogP contribution in [0.4, 0.5) is 11.4 Å². The number of aromatic nitrogens is 3. The number of nitrogen functional groups attached to an aromatic ring is 1. The third kappa shape index (κ3) is 2.29. The number of nitro benzene ring substituents is 2. The topological polar surface area (TPSA) is 143 Å². The zero-order valence-corrected chi connectivity index (χ0v) is 10.5. The number of hydrogen-bond donors (Lipinski definition) is 1. The maximum absolute atomic E-state index is 10.8. The zero-order chi connectivity index (χ0) is 14.9. The number of non-ortho nitro benzene ring substituents is 2. The van der Waals surface area contributed by atoms with Crippen molar-refractivity contribution in [2.75, 3.05) is 5.84 Å². The minimum Gasteiger partial charge on any atom is -0.336 e. The van der Waals surface area contributed by atoms with Gasteiger partial charge in [-0.25, -0.2) is 4.68 Å². The Labute approximate surface area is 116 Å². The molecule has 1 heterocycles. The number of thiocarbonyl (C=S) groups is 1. The van der Waals surface area contributed by atoms with Gasteiger partial charge in [0.25, 0.3) is 11.4 Å². The second kappa shape index (κ2) is 4.97. The normalized spacial score (nSPS) is 10.2. The fourth-order valence-corrected chi connectivity index (χ4v) is 1.68. The summed E-state index contributed by atoms with van der Waals surface area (Å²) in [6.07, 6.45) is 0. The Balaban J connectivity index is 2.66. The van der Waals surface area contributed by atoms with E-state index in [9.17, 15) is 20.2 Å². The molecular weight excluding hydrogens is 288 g/mol. The number of nitro groups is 2. The molecule has 0 spiro atoms. The average molecular weight is 294 g/mol. The average Bonchev–Trinajstić information content (AvgIpc) is 2.79. The standard InChI is InChI=1S/C9H6N6O4S/c10-13-8(4-20)11-12-9(13)5-1-6(14(16)17)3-7(2-5)15(18)19/h1-4H,10H2. The Kier molecular flexibility index (Phi) is 3.35. The van der Waals surface area contributed by atoms with E-state index >= 15 is 0 Å². The number of hydrogen-bond acceptors (Lipinski definition) is 8. The summed E-state index contributed by atoms with van der Waals surface area (Å²) in [5.41, 5.74) is -0.786. The van der Waals surface area contributed by atoms with Gasteiger partial charge in [-0.2, -0.15) is 0 Å². The molecule has 0 unspecified atom stereocenters. The molecule has 11 heteroatoms. The van der Waals surface area contributed by atoms with Crippen LogP contribution in [0.3, 0.4) is 0 Å². The van der Waals surface area contributed by atoms with Gasteiger partial charge in [0.2, 0.25) is 0 Å². The van der Waals surface area contributed by atoms with E-state index in [1.807, 2.05) is 0 Å². The van der Waals surface area contributed by atoms with Crippen molar-refractivity contribution in [1.29, 1.82) is 0 Å². The third-order valence-corrected chi connectivity index (χ3v) is 2.62. The summed E-state index contributed by atoms with van der Waals surface area (Å²) >= 11 is 4.66. The lowest BCUT2D eigenvalue weighted by molar-refractivity contribution is -0.394. The van der Waals surface area contributed by atoms with Crippen molar-refractivity contribution in [3.05, 3.63) is 44.3 Å². The summed E-state index contributed by atoms with van der Waals surface area (Å²) < 4.78 is 0.996. The van der Waals surface area contributed by atoms with E-state index in [1.165, 1.54) is 5.37 Å². The van der Waals surface area contributed by atoms with Crippen LogP contribution in [0.2, 0.25) is 0 Å². The van der Waals surface area contributed by atoms with Crippen LogP contribution >= 0.6 is 12.2 Å². The molecule has 2 aromatic rings. The minimum absolute atomic E-state index is 0.0351. The number of nitrogens with zero attached hydrogens (tertiary/aromatic N) is 5. The molecule has 2 N–H and O–H groups in total.